The van der Waals surface area contributed by atoms with E-state index in [4.69, 9.17) is 0 Å². The monoisotopic (exact) mass is 370 g/mol. The molecule has 2 N–H and O–H groups in total. The van der Waals surface area contributed by atoms with Gasteiger partial charge in [0.25, 0.3) is 5.56 Å². The lowest BCUT2D eigenvalue weighted by molar-refractivity contribution is 0.366. The van der Waals surface area contributed by atoms with Crippen molar-refractivity contribution in [3.05, 3.63) is 28.9 Å². The fraction of sp³-hybridized carbons (Fsp3) is 0.556. The van der Waals surface area contributed by atoms with Gasteiger partial charge in [0.15, 0.2) is 5.65 Å². The summed E-state index contributed by atoms with van der Waals surface area (Å²) in [6.07, 6.45) is 7.59. The van der Waals surface area contributed by atoms with Crippen molar-refractivity contribution in [2.75, 3.05) is 23.3 Å². The normalized spacial score (nSPS) is 18.2. The van der Waals surface area contributed by atoms with Gasteiger partial charge in [-0.15, -0.1) is 0 Å². The van der Waals surface area contributed by atoms with Gasteiger partial charge in [0.2, 0.25) is 5.95 Å². The van der Waals surface area contributed by atoms with Crippen LogP contribution >= 0.6 is 0 Å². The molecule has 0 amide bonds. The highest BCUT2D eigenvalue weighted by Gasteiger charge is 2.23. The Bertz CT molecular complexity index is 1010. The number of rotatable bonds is 3. The third kappa shape index (κ3) is 3.41. The number of aryl methyl sites for hydroxylation is 1. The number of anilines is 2. The molecule has 0 aliphatic carbocycles. The van der Waals surface area contributed by atoms with Gasteiger partial charge in [-0.05, 0) is 33.6 Å². The van der Waals surface area contributed by atoms with E-state index < -0.39 is 0 Å². The van der Waals surface area contributed by atoms with Crippen molar-refractivity contribution >= 4 is 22.7 Å². The van der Waals surface area contributed by atoms with E-state index in [9.17, 15) is 4.79 Å². The number of aromatic nitrogens is 6. The molecule has 4 heterocycles. The summed E-state index contributed by atoms with van der Waals surface area (Å²) in [7, 11) is 1.92. The van der Waals surface area contributed by atoms with Gasteiger partial charge in [-0.2, -0.15) is 15.2 Å². The van der Waals surface area contributed by atoms with Crippen molar-refractivity contribution < 1.29 is 0 Å². The number of nitrogens with zero attached hydrogens (tertiary/aromatic N) is 6. The Hall–Kier alpha value is -2.84. The van der Waals surface area contributed by atoms with E-state index in [2.05, 4.69) is 30.4 Å². The van der Waals surface area contributed by atoms with Crippen molar-refractivity contribution in [1.29, 1.82) is 0 Å². The van der Waals surface area contributed by atoms with E-state index in [1.807, 2.05) is 44.9 Å². The minimum Gasteiger partial charge on any atom is -0.367 e. The number of hydrogen-bond acceptors (Lipinski definition) is 6. The number of H-pyrrole nitrogens is 1. The first-order chi connectivity index (χ1) is 12.8. The van der Waals surface area contributed by atoms with Crippen LogP contribution in [0.1, 0.15) is 33.6 Å². The molecule has 4 rings (SSSR count). The van der Waals surface area contributed by atoms with Crippen LogP contribution in [-0.4, -0.2) is 48.7 Å². The van der Waals surface area contributed by atoms with Crippen LogP contribution in [0.5, 0.6) is 0 Å². The van der Waals surface area contributed by atoms with Gasteiger partial charge in [-0.3, -0.25) is 14.5 Å². The molecule has 1 atom stereocenters. The Morgan fingerprint density at radius 3 is 2.78 bits per heavy atom. The molecule has 0 radical (unpaired) electrons. The molecule has 9 nitrogen and oxygen atoms in total. The lowest BCUT2D eigenvalue weighted by Crippen LogP contribution is -2.42. The first kappa shape index (κ1) is 17.6. The molecule has 1 unspecified atom stereocenters. The predicted octanol–water partition coefficient (Wildman–Crippen LogP) is 1.69. The van der Waals surface area contributed by atoms with Crippen molar-refractivity contribution in [2.24, 2.45) is 7.05 Å². The van der Waals surface area contributed by atoms with E-state index in [1.54, 1.807) is 10.9 Å². The predicted molar refractivity (Wildman–Crippen MR) is 105 cm³/mol. The molecule has 9 heteroatoms. The summed E-state index contributed by atoms with van der Waals surface area (Å²) < 4.78 is 3.61. The van der Waals surface area contributed by atoms with Gasteiger partial charge in [-0.25, -0.2) is 4.68 Å². The quantitative estimate of drug-likeness (QED) is 0.728. The lowest BCUT2D eigenvalue weighted by atomic mass is 10.1. The van der Waals surface area contributed by atoms with Gasteiger partial charge in [0.05, 0.1) is 23.6 Å². The Morgan fingerprint density at radius 1 is 1.26 bits per heavy atom. The number of piperidine rings is 1. The molecule has 1 aliphatic rings. The zero-order valence-electron chi connectivity index (χ0n) is 16.2. The standard InChI is InChI=1S/C18H26N8O/c1-18(2,3)26-15-14(9-20-26)16(27)23-17(22-15)21-12-6-5-7-25(10-12)13-8-19-24(4)11-13/h8-9,11-12H,5-7,10H2,1-4H3,(H2,21,22,23,27). The molecular formula is C18H26N8O. The number of hydrogen-bond donors (Lipinski definition) is 2. The summed E-state index contributed by atoms with van der Waals surface area (Å²) >= 11 is 0. The van der Waals surface area contributed by atoms with Crippen LogP contribution in [0.3, 0.4) is 0 Å². The Kier molecular flexibility index (Phi) is 4.16. The van der Waals surface area contributed by atoms with E-state index in [-0.39, 0.29) is 17.1 Å². The second-order valence-electron chi connectivity index (χ2n) is 8.18. The largest absolute Gasteiger partial charge is 0.367 e. The van der Waals surface area contributed by atoms with Crippen LogP contribution in [0.25, 0.3) is 11.0 Å². The maximum absolute atomic E-state index is 12.5. The minimum atomic E-state index is -0.248. The van der Waals surface area contributed by atoms with Crippen molar-refractivity contribution in [2.45, 2.75) is 45.2 Å². The van der Waals surface area contributed by atoms with Crippen molar-refractivity contribution in [3.63, 3.8) is 0 Å². The number of aromatic amines is 1. The second-order valence-corrected chi connectivity index (χ2v) is 8.18. The average molecular weight is 370 g/mol. The van der Waals surface area contributed by atoms with Crippen LogP contribution in [-0.2, 0) is 12.6 Å². The third-order valence-corrected chi connectivity index (χ3v) is 4.89. The summed E-state index contributed by atoms with van der Waals surface area (Å²) in [5.41, 5.74) is 1.31. The van der Waals surface area contributed by atoms with Crippen molar-refractivity contribution in [3.8, 4) is 0 Å². The average Bonchev–Trinajstić information content (AvgIpc) is 3.21. The smallest absolute Gasteiger partial charge is 0.263 e. The van der Waals surface area contributed by atoms with Crippen LogP contribution in [0.4, 0.5) is 11.6 Å². The summed E-state index contributed by atoms with van der Waals surface area (Å²) in [6, 6.07) is 0.200. The summed E-state index contributed by atoms with van der Waals surface area (Å²) in [5, 5.41) is 12.5. The molecule has 3 aromatic heterocycles. The molecular weight excluding hydrogens is 344 g/mol. The highest BCUT2D eigenvalue weighted by Crippen LogP contribution is 2.22. The summed E-state index contributed by atoms with van der Waals surface area (Å²) in [6.45, 7) is 7.97. The van der Waals surface area contributed by atoms with E-state index >= 15 is 0 Å². The number of fused-ring (bicyclic) bond motifs is 1. The highest BCUT2D eigenvalue weighted by atomic mass is 16.1. The van der Waals surface area contributed by atoms with Crippen LogP contribution < -0.4 is 15.8 Å². The van der Waals surface area contributed by atoms with Gasteiger partial charge >= 0.3 is 0 Å². The molecule has 0 bridgehead atoms. The molecule has 0 saturated carbocycles. The molecule has 3 aromatic rings. The molecule has 0 spiro atoms. The first-order valence-electron chi connectivity index (χ1n) is 9.30. The Labute approximate surface area is 157 Å². The van der Waals surface area contributed by atoms with Crippen LogP contribution in [0, 0.1) is 0 Å². The zero-order chi connectivity index (χ0) is 19.2. The summed E-state index contributed by atoms with van der Waals surface area (Å²) in [5.74, 6) is 0.497. The van der Waals surface area contributed by atoms with Crippen LogP contribution in [0.15, 0.2) is 23.4 Å². The Balaban J connectivity index is 1.58. The topological polar surface area (TPSA) is 96.7 Å². The maximum atomic E-state index is 12.5. The fourth-order valence-corrected chi connectivity index (χ4v) is 3.57. The third-order valence-electron chi connectivity index (χ3n) is 4.89. The lowest BCUT2D eigenvalue weighted by Gasteiger charge is -2.33. The molecule has 1 aliphatic heterocycles. The number of nitrogens with one attached hydrogen (secondary N) is 2. The first-order valence-corrected chi connectivity index (χ1v) is 9.30. The van der Waals surface area contributed by atoms with Gasteiger partial charge in [-0.1, -0.05) is 0 Å². The summed E-state index contributed by atoms with van der Waals surface area (Å²) in [4.78, 5) is 22.3. The minimum absolute atomic E-state index is 0.169. The zero-order valence-corrected chi connectivity index (χ0v) is 16.2. The van der Waals surface area contributed by atoms with E-state index in [0.717, 1.165) is 31.6 Å². The Morgan fingerprint density at radius 2 is 2.07 bits per heavy atom. The molecule has 27 heavy (non-hydrogen) atoms. The van der Waals surface area contributed by atoms with E-state index in [1.165, 1.54) is 0 Å². The SMILES string of the molecule is Cn1cc(N2CCCC(Nc3nc4c(cnn4C(C)(C)C)c(=O)[nH]3)C2)cn1. The van der Waals surface area contributed by atoms with Gasteiger partial charge in [0, 0.05) is 32.4 Å². The molecule has 144 valence electrons. The van der Waals surface area contributed by atoms with Crippen molar-refractivity contribution in [1.82, 2.24) is 29.5 Å². The molecule has 1 saturated heterocycles. The second kappa shape index (κ2) is 6.40. The van der Waals surface area contributed by atoms with Gasteiger partial charge < -0.3 is 10.2 Å². The maximum Gasteiger partial charge on any atom is 0.263 e. The molecule has 1 fully saturated rings. The van der Waals surface area contributed by atoms with Gasteiger partial charge in [0.1, 0.15) is 5.39 Å². The fourth-order valence-electron chi connectivity index (χ4n) is 3.57. The highest BCUT2D eigenvalue weighted by molar-refractivity contribution is 5.74. The van der Waals surface area contributed by atoms with Crippen LogP contribution in [0.2, 0.25) is 0 Å². The van der Waals surface area contributed by atoms with E-state index in [0.29, 0.717) is 17.0 Å². The molecule has 0 aromatic carbocycles.